The first kappa shape index (κ1) is 13.2. The van der Waals surface area contributed by atoms with E-state index in [9.17, 15) is 0 Å². The maximum Gasteiger partial charge on any atom is 0.0597 e. The van der Waals surface area contributed by atoms with Crippen molar-refractivity contribution in [3.05, 3.63) is 17.5 Å². The Morgan fingerprint density at radius 1 is 1.50 bits per heavy atom. The van der Waals surface area contributed by atoms with Crippen LogP contribution in [0.3, 0.4) is 0 Å². The average molecular weight is 224 g/mol. The minimum atomic E-state index is 0.518. The third kappa shape index (κ3) is 3.32. The molecule has 2 N–H and O–H groups in total. The van der Waals surface area contributed by atoms with Crippen LogP contribution in [0.2, 0.25) is 0 Å². The SMILES string of the molecule is CCn1nc(C)cc1CN(CCN)C(C)C. The number of hydrogen-bond donors (Lipinski definition) is 1. The molecule has 4 heteroatoms. The van der Waals surface area contributed by atoms with Crippen LogP contribution in [0.5, 0.6) is 0 Å². The Kier molecular flexibility index (Phi) is 4.96. The Hall–Kier alpha value is -0.870. The van der Waals surface area contributed by atoms with Gasteiger partial charge in [-0.2, -0.15) is 5.10 Å². The topological polar surface area (TPSA) is 47.1 Å². The van der Waals surface area contributed by atoms with Crippen LogP contribution >= 0.6 is 0 Å². The van der Waals surface area contributed by atoms with Crippen LogP contribution in [0, 0.1) is 6.92 Å². The van der Waals surface area contributed by atoms with Crippen molar-refractivity contribution in [1.82, 2.24) is 14.7 Å². The third-order valence-electron chi connectivity index (χ3n) is 2.80. The number of nitrogens with zero attached hydrogens (tertiary/aromatic N) is 3. The predicted octanol–water partition coefficient (Wildman–Crippen LogP) is 1.38. The minimum Gasteiger partial charge on any atom is -0.329 e. The van der Waals surface area contributed by atoms with E-state index >= 15 is 0 Å². The van der Waals surface area contributed by atoms with Gasteiger partial charge in [-0.3, -0.25) is 9.58 Å². The summed E-state index contributed by atoms with van der Waals surface area (Å²) in [4.78, 5) is 2.38. The number of rotatable bonds is 6. The quantitative estimate of drug-likeness (QED) is 0.794. The van der Waals surface area contributed by atoms with Crippen molar-refractivity contribution in [2.45, 2.75) is 46.8 Å². The molecule has 0 aliphatic rings. The zero-order valence-electron chi connectivity index (χ0n) is 10.9. The molecule has 0 fully saturated rings. The average Bonchev–Trinajstić information content (AvgIpc) is 2.58. The van der Waals surface area contributed by atoms with Crippen LogP contribution in [0.4, 0.5) is 0 Å². The Morgan fingerprint density at radius 3 is 2.69 bits per heavy atom. The van der Waals surface area contributed by atoms with E-state index in [1.54, 1.807) is 0 Å². The molecule has 0 aromatic carbocycles. The molecule has 16 heavy (non-hydrogen) atoms. The van der Waals surface area contributed by atoms with Crippen LogP contribution in [-0.4, -0.2) is 33.8 Å². The van der Waals surface area contributed by atoms with E-state index in [-0.39, 0.29) is 0 Å². The van der Waals surface area contributed by atoms with Crippen molar-refractivity contribution in [2.24, 2.45) is 5.73 Å². The van der Waals surface area contributed by atoms with Crippen molar-refractivity contribution in [2.75, 3.05) is 13.1 Å². The summed E-state index contributed by atoms with van der Waals surface area (Å²) in [6.07, 6.45) is 0. The maximum atomic E-state index is 5.63. The molecule has 0 bridgehead atoms. The van der Waals surface area contributed by atoms with Gasteiger partial charge in [0.2, 0.25) is 0 Å². The lowest BCUT2D eigenvalue weighted by atomic mass is 10.2. The lowest BCUT2D eigenvalue weighted by molar-refractivity contribution is 0.213. The number of hydrogen-bond acceptors (Lipinski definition) is 3. The molecule has 92 valence electrons. The Labute approximate surface area is 98.4 Å². The standard InChI is InChI=1S/C12H24N4/c1-5-16-12(8-11(4)14-16)9-15(7-6-13)10(2)3/h8,10H,5-7,9,13H2,1-4H3. The monoisotopic (exact) mass is 224 g/mol. The van der Waals surface area contributed by atoms with E-state index in [0.717, 1.165) is 25.3 Å². The van der Waals surface area contributed by atoms with Gasteiger partial charge < -0.3 is 5.73 Å². The zero-order valence-corrected chi connectivity index (χ0v) is 10.9. The van der Waals surface area contributed by atoms with Gasteiger partial charge in [-0.05, 0) is 33.8 Å². The second-order valence-corrected chi connectivity index (χ2v) is 4.45. The second-order valence-electron chi connectivity index (χ2n) is 4.45. The van der Waals surface area contributed by atoms with Gasteiger partial charge in [-0.15, -0.1) is 0 Å². The van der Waals surface area contributed by atoms with Gasteiger partial charge in [-0.1, -0.05) is 0 Å². The second kappa shape index (κ2) is 6.01. The molecule has 0 aliphatic carbocycles. The van der Waals surface area contributed by atoms with Gasteiger partial charge in [0.15, 0.2) is 0 Å². The van der Waals surface area contributed by atoms with E-state index in [1.165, 1.54) is 5.69 Å². The molecule has 1 heterocycles. The largest absolute Gasteiger partial charge is 0.329 e. The van der Waals surface area contributed by atoms with E-state index < -0.39 is 0 Å². The molecule has 0 atom stereocenters. The van der Waals surface area contributed by atoms with E-state index in [1.807, 2.05) is 6.92 Å². The van der Waals surface area contributed by atoms with Crippen molar-refractivity contribution in [1.29, 1.82) is 0 Å². The summed E-state index contributed by atoms with van der Waals surface area (Å²) < 4.78 is 2.07. The molecule has 4 nitrogen and oxygen atoms in total. The van der Waals surface area contributed by atoms with Gasteiger partial charge >= 0.3 is 0 Å². The first-order valence-electron chi connectivity index (χ1n) is 6.06. The van der Waals surface area contributed by atoms with Crippen molar-refractivity contribution >= 4 is 0 Å². The fourth-order valence-electron chi connectivity index (χ4n) is 1.89. The third-order valence-corrected chi connectivity index (χ3v) is 2.80. The Bertz CT molecular complexity index is 317. The Balaban J connectivity index is 2.75. The van der Waals surface area contributed by atoms with Gasteiger partial charge in [0.25, 0.3) is 0 Å². The molecule has 0 radical (unpaired) electrons. The van der Waals surface area contributed by atoms with Crippen molar-refractivity contribution < 1.29 is 0 Å². The van der Waals surface area contributed by atoms with E-state index in [4.69, 9.17) is 5.73 Å². The fraction of sp³-hybridized carbons (Fsp3) is 0.750. The van der Waals surface area contributed by atoms with Gasteiger partial charge in [0.05, 0.1) is 11.4 Å². The summed E-state index contributed by atoms with van der Waals surface area (Å²) in [5, 5.41) is 4.46. The molecule has 0 amide bonds. The summed E-state index contributed by atoms with van der Waals surface area (Å²) in [5.41, 5.74) is 8.00. The number of aryl methyl sites for hydroxylation is 2. The highest BCUT2D eigenvalue weighted by molar-refractivity contribution is 5.09. The molecule has 0 saturated heterocycles. The molecule has 0 saturated carbocycles. The van der Waals surface area contributed by atoms with Gasteiger partial charge in [0, 0.05) is 32.2 Å². The lowest BCUT2D eigenvalue weighted by Gasteiger charge is -2.25. The molecule has 1 rings (SSSR count). The fourth-order valence-corrected chi connectivity index (χ4v) is 1.89. The summed E-state index contributed by atoms with van der Waals surface area (Å²) >= 11 is 0. The van der Waals surface area contributed by atoms with Crippen molar-refractivity contribution in [3.8, 4) is 0 Å². The smallest absolute Gasteiger partial charge is 0.0597 e. The highest BCUT2D eigenvalue weighted by atomic mass is 15.3. The van der Waals surface area contributed by atoms with Gasteiger partial charge in [0.1, 0.15) is 0 Å². The normalized spacial score (nSPS) is 11.7. The minimum absolute atomic E-state index is 0.518. The maximum absolute atomic E-state index is 5.63. The summed E-state index contributed by atoms with van der Waals surface area (Å²) in [6.45, 7) is 12.1. The number of aromatic nitrogens is 2. The van der Waals surface area contributed by atoms with E-state index in [2.05, 4.69) is 41.5 Å². The molecular weight excluding hydrogens is 200 g/mol. The first-order valence-corrected chi connectivity index (χ1v) is 6.06. The highest BCUT2D eigenvalue weighted by Gasteiger charge is 2.12. The molecule has 1 aromatic rings. The molecule has 1 aromatic heterocycles. The van der Waals surface area contributed by atoms with Crippen LogP contribution in [0.15, 0.2) is 6.07 Å². The first-order chi connectivity index (χ1) is 7.58. The predicted molar refractivity (Wildman–Crippen MR) is 67.2 cm³/mol. The summed E-state index contributed by atoms with van der Waals surface area (Å²) in [7, 11) is 0. The van der Waals surface area contributed by atoms with E-state index in [0.29, 0.717) is 12.6 Å². The van der Waals surface area contributed by atoms with Crippen LogP contribution in [-0.2, 0) is 13.1 Å². The Morgan fingerprint density at radius 2 is 2.19 bits per heavy atom. The van der Waals surface area contributed by atoms with Crippen LogP contribution in [0.25, 0.3) is 0 Å². The molecule has 0 unspecified atom stereocenters. The van der Waals surface area contributed by atoms with Crippen LogP contribution < -0.4 is 5.73 Å². The molecule has 0 spiro atoms. The zero-order chi connectivity index (χ0) is 12.1. The highest BCUT2D eigenvalue weighted by Crippen LogP contribution is 2.09. The van der Waals surface area contributed by atoms with Gasteiger partial charge in [-0.25, -0.2) is 0 Å². The summed E-state index contributed by atoms with van der Waals surface area (Å²) in [6, 6.07) is 2.68. The molecule has 0 aliphatic heterocycles. The number of nitrogens with two attached hydrogens (primary N) is 1. The van der Waals surface area contributed by atoms with Crippen LogP contribution in [0.1, 0.15) is 32.2 Å². The molecular formula is C12H24N4. The van der Waals surface area contributed by atoms with Crippen molar-refractivity contribution in [3.63, 3.8) is 0 Å². The lowest BCUT2D eigenvalue weighted by Crippen LogP contribution is -2.35. The summed E-state index contributed by atoms with van der Waals surface area (Å²) in [5.74, 6) is 0.